The van der Waals surface area contributed by atoms with Gasteiger partial charge in [-0.1, -0.05) is 0 Å². The molecule has 1 aliphatic heterocycles. The first-order valence-electron chi connectivity index (χ1n) is 9.44. The van der Waals surface area contributed by atoms with E-state index in [-0.39, 0.29) is 17.5 Å². The molecule has 1 aromatic carbocycles. The third-order valence-electron chi connectivity index (χ3n) is 5.51. The van der Waals surface area contributed by atoms with Crippen molar-refractivity contribution in [1.82, 2.24) is 14.5 Å². The maximum Gasteiger partial charge on any atom is 0.264 e. The van der Waals surface area contributed by atoms with Crippen molar-refractivity contribution in [2.45, 2.75) is 25.8 Å². The summed E-state index contributed by atoms with van der Waals surface area (Å²) in [5.41, 5.74) is 1.51. The number of ether oxygens (including phenoxy) is 2. The third-order valence-corrected chi connectivity index (χ3v) is 6.70. The minimum Gasteiger partial charge on any atom is -0.497 e. The summed E-state index contributed by atoms with van der Waals surface area (Å²) in [6.07, 6.45) is 3.24. The molecule has 8 heteroatoms. The molecule has 0 radical (unpaired) electrons. The molecule has 1 amide bonds. The van der Waals surface area contributed by atoms with Crippen LogP contribution < -0.4 is 15.0 Å². The van der Waals surface area contributed by atoms with E-state index >= 15 is 0 Å². The Morgan fingerprint density at radius 1 is 1.28 bits per heavy atom. The number of rotatable bonds is 4. The molecule has 1 atom stereocenters. The van der Waals surface area contributed by atoms with Gasteiger partial charge in [0.15, 0.2) is 0 Å². The van der Waals surface area contributed by atoms with Crippen molar-refractivity contribution in [3.63, 3.8) is 0 Å². The predicted octanol–water partition coefficient (Wildman–Crippen LogP) is 3.30. The molecule has 3 aromatic rings. The normalized spacial score (nSPS) is 16.4. The second kappa shape index (κ2) is 7.51. The number of aryl methyl sites for hydroxylation is 2. The Balaban J connectivity index is 1.76. The minimum absolute atomic E-state index is 0.0695. The maximum absolute atomic E-state index is 13.5. The van der Waals surface area contributed by atoms with Gasteiger partial charge in [-0.05, 0) is 43.5 Å². The lowest BCUT2D eigenvalue weighted by atomic mass is 10.0. The highest BCUT2D eigenvalue weighted by Gasteiger charge is 2.34. The van der Waals surface area contributed by atoms with Crippen LogP contribution in [0.25, 0.3) is 10.2 Å². The number of hydrogen-bond donors (Lipinski definition) is 0. The number of aromatic nitrogens is 2. The predicted molar refractivity (Wildman–Crippen MR) is 112 cm³/mol. The van der Waals surface area contributed by atoms with E-state index in [2.05, 4.69) is 4.98 Å². The number of carbonyl (C=O) groups excluding carboxylic acids is 1. The van der Waals surface area contributed by atoms with Gasteiger partial charge < -0.3 is 18.9 Å². The van der Waals surface area contributed by atoms with Gasteiger partial charge in [-0.25, -0.2) is 4.98 Å². The van der Waals surface area contributed by atoms with Crippen LogP contribution in [0.1, 0.15) is 39.7 Å². The van der Waals surface area contributed by atoms with Crippen molar-refractivity contribution in [2.24, 2.45) is 7.05 Å². The molecule has 0 bridgehead atoms. The molecule has 29 heavy (non-hydrogen) atoms. The number of amides is 1. The first-order chi connectivity index (χ1) is 14.0. The molecule has 0 aliphatic carbocycles. The van der Waals surface area contributed by atoms with Gasteiger partial charge in [0.05, 0.1) is 36.9 Å². The fraction of sp³-hybridized carbons (Fsp3) is 0.381. The van der Waals surface area contributed by atoms with E-state index in [9.17, 15) is 9.59 Å². The molecule has 3 heterocycles. The topological polar surface area (TPSA) is 73.7 Å². The fourth-order valence-electron chi connectivity index (χ4n) is 3.98. The zero-order chi connectivity index (χ0) is 20.7. The molecule has 0 saturated carbocycles. The number of carbonyl (C=O) groups is 1. The van der Waals surface area contributed by atoms with Crippen LogP contribution in [0.2, 0.25) is 0 Å². The maximum atomic E-state index is 13.5. The lowest BCUT2D eigenvalue weighted by Crippen LogP contribution is -2.30. The molecule has 7 nitrogen and oxygen atoms in total. The van der Waals surface area contributed by atoms with Crippen LogP contribution in [0.15, 0.2) is 29.3 Å². The Labute approximate surface area is 172 Å². The molecule has 0 N–H and O–H groups in total. The number of likely N-dealkylation sites (tertiary alicyclic amines) is 1. The van der Waals surface area contributed by atoms with E-state index in [0.717, 1.165) is 29.9 Å². The molecule has 2 aromatic heterocycles. The van der Waals surface area contributed by atoms with E-state index in [1.807, 2.05) is 30.0 Å². The van der Waals surface area contributed by atoms with Gasteiger partial charge in [-0.15, -0.1) is 11.3 Å². The molecule has 0 spiro atoms. The van der Waals surface area contributed by atoms with E-state index < -0.39 is 0 Å². The smallest absolute Gasteiger partial charge is 0.264 e. The van der Waals surface area contributed by atoms with Crippen molar-refractivity contribution in [2.75, 3.05) is 20.8 Å². The lowest BCUT2D eigenvalue weighted by Gasteiger charge is -2.26. The number of methoxy groups -OCH3 is 2. The first kappa shape index (κ1) is 19.4. The minimum atomic E-state index is -0.129. The number of benzene rings is 1. The van der Waals surface area contributed by atoms with Crippen molar-refractivity contribution in [1.29, 1.82) is 0 Å². The van der Waals surface area contributed by atoms with Gasteiger partial charge in [0.1, 0.15) is 16.3 Å². The van der Waals surface area contributed by atoms with Gasteiger partial charge >= 0.3 is 0 Å². The van der Waals surface area contributed by atoms with Gasteiger partial charge in [0.25, 0.3) is 11.5 Å². The Kier molecular flexibility index (Phi) is 5.04. The largest absolute Gasteiger partial charge is 0.497 e. The van der Waals surface area contributed by atoms with Crippen molar-refractivity contribution in [3.05, 3.63) is 50.9 Å². The third kappa shape index (κ3) is 3.17. The lowest BCUT2D eigenvalue weighted by molar-refractivity contribution is 0.0738. The Morgan fingerprint density at radius 3 is 2.79 bits per heavy atom. The first-order valence-corrected chi connectivity index (χ1v) is 10.3. The molecule has 0 unspecified atom stereocenters. The van der Waals surface area contributed by atoms with Crippen LogP contribution in [0.3, 0.4) is 0 Å². The number of fused-ring (bicyclic) bond motifs is 1. The van der Waals surface area contributed by atoms with Crippen LogP contribution in [-0.2, 0) is 7.05 Å². The average Bonchev–Trinajstić information content (AvgIpc) is 3.35. The number of thiophene rings is 1. The van der Waals surface area contributed by atoms with Crippen LogP contribution in [0.5, 0.6) is 11.5 Å². The molecular formula is C21H23N3O4S. The highest BCUT2D eigenvalue weighted by molar-refractivity contribution is 7.20. The van der Waals surface area contributed by atoms with Gasteiger partial charge in [0, 0.05) is 19.2 Å². The number of hydrogen-bond acceptors (Lipinski definition) is 6. The SMILES string of the molecule is COc1ccc(OC)c([C@@H]2CCCN2C(=O)c2sc3ncn(C)c(=O)c3c2C)c1. The van der Waals surface area contributed by atoms with E-state index in [1.54, 1.807) is 21.3 Å². The molecular weight excluding hydrogens is 390 g/mol. The summed E-state index contributed by atoms with van der Waals surface area (Å²) >= 11 is 1.28. The van der Waals surface area contributed by atoms with E-state index in [1.165, 1.54) is 22.2 Å². The van der Waals surface area contributed by atoms with Crippen molar-refractivity contribution in [3.8, 4) is 11.5 Å². The second-order valence-electron chi connectivity index (χ2n) is 7.16. The summed E-state index contributed by atoms with van der Waals surface area (Å²) in [6.45, 7) is 2.48. The summed E-state index contributed by atoms with van der Waals surface area (Å²) in [7, 11) is 4.92. The Morgan fingerprint density at radius 2 is 2.07 bits per heavy atom. The fourth-order valence-corrected chi connectivity index (χ4v) is 5.07. The zero-order valence-corrected chi connectivity index (χ0v) is 17.7. The van der Waals surface area contributed by atoms with Crippen LogP contribution >= 0.6 is 11.3 Å². The van der Waals surface area contributed by atoms with Gasteiger partial charge in [-0.3, -0.25) is 9.59 Å². The summed E-state index contributed by atoms with van der Waals surface area (Å²) in [4.78, 5) is 33.4. The summed E-state index contributed by atoms with van der Waals surface area (Å²) in [6, 6.07) is 5.55. The molecule has 1 fully saturated rings. The van der Waals surface area contributed by atoms with Gasteiger partial charge in [-0.2, -0.15) is 0 Å². The molecule has 1 saturated heterocycles. The van der Waals surface area contributed by atoms with Crippen molar-refractivity contribution < 1.29 is 14.3 Å². The summed E-state index contributed by atoms with van der Waals surface area (Å²) in [5.74, 6) is 1.39. The summed E-state index contributed by atoms with van der Waals surface area (Å²) in [5, 5.41) is 0.526. The highest BCUT2D eigenvalue weighted by atomic mass is 32.1. The van der Waals surface area contributed by atoms with E-state index in [0.29, 0.717) is 27.2 Å². The molecule has 152 valence electrons. The average molecular weight is 413 g/mol. The van der Waals surface area contributed by atoms with E-state index in [4.69, 9.17) is 9.47 Å². The Hall–Kier alpha value is -2.87. The monoisotopic (exact) mass is 413 g/mol. The van der Waals surface area contributed by atoms with Gasteiger partial charge in [0.2, 0.25) is 0 Å². The van der Waals surface area contributed by atoms with Crippen molar-refractivity contribution >= 4 is 27.5 Å². The van der Waals surface area contributed by atoms with Crippen LogP contribution in [0, 0.1) is 6.92 Å². The standard InChI is InChI=1S/C21H23N3O4S/c1-12-17-19(22-11-23(2)20(17)25)29-18(12)21(26)24-9-5-6-15(24)14-10-13(27-3)7-8-16(14)28-4/h7-8,10-11,15H,5-6,9H2,1-4H3/t15-/m0/s1. The van der Waals surface area contributed by atoms with Crippen LogP contribution in [0.4, 0.5) is 0 Å². The Bertz CT molecular complexity index is 1150. The van der Waals surface area contributed by atoms with Crippen LogP contribution in [-0.4, -0.2) is 41.1 Å². The quantitative estimate of drug-likeness (QED) is 0.656. The molecule has 1 aliphatic rings. The highest BCUT2D eigenvalue weighted by Crippen LogP contribution is 2.40. The number of nitrogens with zero attached hydrogens (tertiary/aromatic N) is 3. The summed E-state index contributed by atoms with van der Waals surface area (Å²) < 4.78 is 12.4. The second-order valence-corrected chi connectivity index (χ2v) is 8.16. The zero-order valence-electron chi connectivity index (χ0n) is 16.9. The molecule has 4 rings (SSSR count).